The Morgan fingerprint density at radius 1 is 1.71 bits per heavy atom. The zero-order valence-electron chi connectivity index (χ0n) is 9.97. The minimum Gasteiger partial charge on any atom is -0.395 e. The summed E-state index contributed by atoms with van der Waals surface area (Å²) < 4.78 is 0. The normalized spacial score (nSPS) is 14.5. The average molecular weight is 274 g/mol. The Labute approximate surface area is 110 Å². The van der Waals surface area contributed by atoms with E-state index in [-0.39, 0.29) is 17.9 Å². The number of thiophene rings is 1. The van der Waals surface area contributed by atoms with Crippen molar-refractivity contribution in [3.8, 4) is 0 Å². The maximum atomic E-state index is 10.9. The fourth-order valence-electron chi connectivity index (χ4n) is 1.43. The van der Waals surface area contributed by atoms with Crippen LogP contribution in [-0.4, -0.2) is 35.2 Å². The first kappa shape index (κ1) is 14.5. The largest absolute Gasteiger partial charge is 0.395 e. The van der Waals surface area contributed by atoms with Gasteiger partial charge in [-0.05, 0) is 19.2 Å². The molecule has 1 rings (SSSR count). The molecule has 0 aliphatic rings. The molecule has 4 N–H and O–H groups in total. The number of carbonyl (C=O) groups is 1. The molecule has 1 amide bonds. The maximum Gasteiger partial charge on any atom is 0.249 e. The van der Waals surface area contributed by atoms with Gasteiger partial charge < -0.3 is 16.2 Å². The smallest absolute Gasteiger partial charge is 0.249 e. The number of hydrogen-bond donors (Lipinski definition) is 3. The molecule has 1 aromatic rings. The lowest BCUT2D eigenvalue weighted by Crippen LogP contribution is -2.36. The lowest BCUT2D eigenvalue weighted by Gasteiger charge is -2.20. The van der Waals surface area contributed by atoms with Crippen molar-refractivity contribution < 1.29 is 9.90 Å². The zero-order chi connectivity index (χ0) is 12.8. The highest BCUT2D eigenvalue weighted by Crippen LogP contribution is 2.15. The summed E-state index contributed by atoms with van der Waals surface area (Å²) >= 11 is 3.15. The summed E-state index contributed by atoms with van der Waals surface area (Å²) in [6.07, 6.45) is 1.98. The number of nitrogens with two attached hydrogens (primary N) is 1. The number of hydrogen-bond acceptors (Lipinski definition) is 5. The van der Waals surface area contributed by atoms with E-state index in [0.717, 1.165) is 4.88 Å². The van der Waals surface area contributed by atoms with E-state index in [4.69, 9.17) is 10.8 Å². The molecular formula is C11H18N2O2S2. The third-order valence-electron chi connectivity index (χ3n) is 2.58. The summed E-state index contributed by atoms with van der Waals surface area (Å²) in [4.78, 5) is 12.0. The second-order valence-corrected chi connectivity index (χ2v) is 5.86. The molecule has 0 aliphatic carbocycles. The molecule has 2 unspecified atom stereocenters. The Kier molecular flexibility index (Phi) is 5.97. The molecular weight excluding hydrogens is 256 g/mol. The molecule has 17 heavy (non-hydrogen) atoms. The standard InChI is InChI=1S/C11H18N2O2S2/c1-7(10(5-14)16-2)13-4-9-3-8(6-17-9)11(12)15/h3,6-7,10,13-14H,4-5H2,1-2H3,(H2,12,15). The Morgan fingerprint density at radius 3 is 2.88 bits per heavy atom. The van der Waals surface area contributed by atoms with Crippen LogP contribution in [0.15, 0.2) is 11.4 Å². The molecule has 6 heteroatoms. The summed E-state index contributed by atoms with van der Waals surface area (Å²) in [5, 5.41) is 14.4. The van der Waals surface area contributed by atoms with Crippen molar-refractivity contribution in [1.82, 2.24) is 5.32 Å². The van der Waals surface area contributed by atoms with Gasteiger partial charge in [-0.1, -0.05) is 0 Å². The molecule has 0 aromatic carbocycles. The van der Waals surface area contributed by atoms with Crippen molar-refractivity contribution in [1.29, 1.82) is 0 Å². The number of aliphatic hydroxyl groups is 1. The minimum atomic E-state index is -0.391. The monoisotopic (exact) mass is 274 g/mol. The van der Waals surface area contributed by atoms with Crippen molar-refractivity contribution in [2.45, 2.75) is 24.8 Å². The summed E-state index contributed by atoms with van der Waals surface area (Å²) in [7, 11) is 0. The number of amides is 1. The van der Waals surface area contributed by atoms with Crippen LogP contribution >= 0.6 is 23.1 Å². The van der Waals surface area contributed by atoms with Gasteiger partial charge in [0.25, 0.3) is 0 Å². The highest BCUT2D eigenvalue weighted by molar-refractivity contribution is 7.99. The molecule has 0 aliphatic heterocycles. The van der Waals surface area contributed by atoms with Gasteiger partial charge >= 0.3 is 0 Å². The van der Waals surface area contributed by atoms with Crippen LogP contribution in [0, 0.1) is 0 Å². The molecule has 0 spiro atoms. The fraction of sp³-hybridized carbons (Fsp3) is 0.545. The number of thioether (sulfide) groups is 1. The van der Waals surface area contributed by atoms with Gasteiger partial charge in [0.1, 0.15) is 0 Å². The van der Waals surface area contributed by atoms with E-state index in [2.05, 4.69) is 5.32 Å². The molecule has 0 saturated carbocycles. The zero-order valence-corrected chi connectivity index (χ0v) is 11.6. The van der Waals surface area contributed by atoms with Crippen molar-refractivity contribution in [2.24, 2.45) is 5.73 Å². The van der Waals surface area contributed by atoms with Gasteiger partial charge in [-0.2, -0.15) is 11.8 Å². The van der Waals surface area contributed by atoms with Gasteiger partial charge in [-0.3, -0.25) is 4.79 Å². The second-order valence-electron chi connectivity index (χ2n) is 3.79. The lowest BCUT2D eigenvalue weighted by atomic mass is 10.2. The minimum absolute atomic E-state index is 0.159. The summed E-state index contributed by atoms with van der Waals surface area (Å²) in [6, 6.07) is 2.02. The number of rotatable bonds is 7. The topological polar surface area (TPSA) is 75.3 Å². The molecule has 0 fully saturated rings. The maximum absolute atomic E-state index is 10.9. The van der Waals surface area contributed by atoms with Crippen LogP contribution in [0.5, 0.6) is 0 Å². The Balaban J connectivity index is 2.46. The van der Waals surface area contributed by atoms with Crippen LogP contribution in [0.25, 0.3) is 0 Å². The van der Waals surface area contributed by atoms with Crippen molar-refractivity contribution in [2.75, 3.05) is 12.9 Å². The molecule has 2 atom stereocenters. The third-order valence-corrected chi connectivity index (χ3v) is 4.68. The summed E-state index contributed by atoms with van der Waals surface area (Å²) in [5.41, 5.74) is 5.74. The first-order valence-electron chi connectivity index (χ1n) is 5.32. The van der Waals surface area contributed by atoms with Gasteiger partial charge in [0, 0.05) is 28.1 Å². The quantitative estimate of drug-likeness (QED) is 0.695. The van der Waals surface area contributed by atoms with E-state index in [9.17, 15) is 4.79 Å². The van der Waals surface area contributed by atoms with Gasteiger partial charge in [0.05, 0.1) is 12.2 Å². The predicted molar refractivity (Wildman–Crippen MR) is 73.5 cm³/mol. The second kappa shape index (κ2) is 7.00. The number of aliphatic hydroxyl groups excluding tert-OH is 1. The van der Waals surface area contributed by atoms with Gasteiger partial charge in [0.15, 0.2) is 0 Å². The van der Waals surface area contributed by atoms with Crippen LogP contribution < -0.4 is 11.1 Å². The molecule has 0 saturated heterocycles. The van der Waals surface area contributed by atoms with Crippen LogP contribution in [0.2, 0.25) is 0 Å². The van der Waals surface area contributed by atoms with Gasteiger partial charge in [0.2, 0.25) is 5.91 Å². The molecule has 0 bridgehead atoms. The van der Waals surface area contributed by atoms with Crippen molar-refractivity contribution in [3.05, 3.63) is 21.9 Å². The molecule has 1 heterocycles. The first-order chi connectivity index (χ1) is 8.08. The van der Waals surface area contributed by atoms with Crippen LogP contribution in [0.3, 0.4) is 0 Å². The van der Waals surface area contributed by atoms with E-state index in [1.54, 1.807) is 23.2 Å². The molecule has 1 aromatic heterocycles. The summed E-state index contributed by atoms with van der Waals surface area (Å²) in [6.45, 7) is 2.89. The van der Waals surface area contributed by atoms with Crippen molar-refractivity contribution in [3.63, 3.8) is 0 Å². The van der Waals surface area contributed by atoms with E-state index >= 15 is 0 Å². The highest BCUT2D eigenvalue weighted by Gasteiger charge is 2.14. The summed E-state index contributed by atoms with van der Waals surface area (Å²) in [5.74, 6) is -0.391. The average Bonchev–Trinajstić information content (AvgIpc) is 2.76. The Bertz CT molecular complexity index is 364. The third kappa shape index (κ3) is 4.31. The van der Waals surface area contributed by atoms with E-state index in [1.807, 2.05) is 13.2 Å². The molecule has 4 nitrogen and oxygen atoms in total. The van der Waals surface area contributed by atoms with Crippen molar-refractivity contribution >= 4 is 29.0 Å². The van der Waals surface area contributed by atoms with Gasteiger partial charge in [-0.15, -0.1) is 11.3 Å². The number of carbonyl (C=O) groups excluding carboxylic acids is 1. The fourth-order valence-corrected chi connectivity index (χ4v) is 2.91. The van der Waals surface area contributed by atoms with Crippen LogP contribution in [0.1, 0.15) is 22.2 Å². The highest BCUT2D eigenvalue weighted by atomic mass is 32.2. The number of primary amides is 1. The first-order valence-corrected chi connectivity index (χ1v) is 7.49. The lowest BCUT2D eigenvalue weighted by molar-refractivity contribution is 0.100. The Morgan fingerprint density at radius 2 is 2.41 bits per heavy atom. The van der Waals surface area contributed by atoms with Crippen LogP contribution in [0.4, 0.5) is 0 Å². The van der Waals surface area contributed by atoms with E-state index < -0.39 is 5.91 Å². The number of nitrogens with one attached hydrogen (secondary N) is 1. The van der Waals surface area contributed by atoms with Crippen LogP contribution in [-0.2, 0) is 6.54 Å². The molecule has 96 valence electrons. The SMILES string of the molecule is CSC(CO)C(C)NCc1cc(C(N)=O)cs1. The van der Waals surface area contributed by atoms with E-state index in [0.29, 0.717) is 12.1 Å². The predicted octanol–water partition coefficient (Wildman–Crippen LogP) is 1.05. The van der Waals surface area contributed by atoms with Gasteiger partial charge in [-0.25, -0.2) is 0 Å². The van der Waals surface area contributed by atoms with E-state index in [1.165, 1.54) is 11.3 Å². The molecule has 0 radical (unpaired) electrons. The Hall–Kier alpha value is -0.560.